The lowest BCUT2D eigenvalue weighted by molar-refractivity contribution is -0.129. The third kappa shape index (κ3) is 6.68. The Morgan fingerprint density at radius 1 is 1.16 bits per heavy atom. The number of rotatable bonds is 6. The van der Waals surface area contributed by atoms with Crippen molar-refractivity contribution in [3.63, 3.8) is 0 Å². The molecule has 0 aliphatic carbocycles. The fourth-order valence-corrected chi connectivity index (χ4v) is 2.89. The molecule has 2 rings (SSSR count). The van der Waals surface area contributed by atoms with Crippen LogP contribution < -0.4 is 15.6 Å². The molecule has 0 fully saturated rings. The lowest BCUT2D eigenvalue weighted by Gasteiger charge is -2.13. The van der Waals surface area contributed by atoms with Gasteiger partial charge in [-0.2, -0.15) is 0 Å². The molecule has 25 heavy (non-hydrogen) atoms. The Labute approximate surface area is 156 Å². The Hall–Kier alpha value is -2.18. The van der Waals surface area contributed by atoms with Crippen LogP contribution in [0, 0.1) is 6.92 Å². The van der Waals surface area contributed by atoms with Gasteiger partial charge in [0, 0.05) is 9.92 Å². The van der Waals surface area contributed by atoms with Crippen LogP contribution in [0.2, 0.25) is 5.02 Å². The van der Waals surface area contributed by atoms with Crippen molar-refractivity contribution in [1.29, 1.82) is 0 Å². The third-order valence-corrected chi connectivity index (χ3v) is 4.54. The maximum Gasteiger partial charge on any atom is 0.276 e. The van der Waals surface area contributed by atoms with Gasteiger partial charge in [0.25, 0.3) is 11.8 Å². The van der Waals surface area contributed by atoms with Gasteiger partial charge in [-0.25, -0.2) is 0 Å². The maximum atomic E-state index is 12.0. The first kappa shape index (κ1) is 19.1. The highest BCUT2D eigenvalue weighted by Gasteiger charge is 2.15. The summed E-state index contributed by atoms with van der Waals surface area (Å²) in [5.41, 5.74) is 5.78. The van der Waals surface area contributed by atoms with Gasteiger partial charge in [0.15, 0.2) is 6.61 Å². The molecule has 1 atom stereocenters. The van der Waals surface area contributed by atoms with Gasteiger partial charge in [-0.1, -0.05) is 23.7 Å². The zero-order chi connectivity index (χ0) is 18.2. The molecule has 0 aromatic heterocycles. The van der Waals surface area contributed by atoms with Gasteiger partial charge in [0.1, 0.15) is 5.75 Å². The van der Waals surface area contributed by atoms with Crippen LogP contribution in [-0.2, 0) is 9.59 Å². The van der Waals surface area contributed by atoms with Gasteiger partial charge in [-0.05, 0) is 55.8 Å². The van der Waals surface area contributed by atoms with Crippen molar-refractivity contribution in [3.8, 4) is 5.75 Å². The summed E-state index contributed by atoms with van der Waals surface area (Å²) in [7, 11) is 0. The number of aryl methyl sites for hydroxylation is 1. The van der Waals surface area contributed by atoms with E-state index in [4.69, 9.17) is 16.3 Å². The average Bonchev–Trinajstić information content (AvgIpc) is 2.60. The van der Waals surface area contributed by atoms with E-state index in [1.807, 2.05) is 37.3 Å². The summed E-state index contributed by atoms with van der Waals surface area (Å²) < 4.78 is 5.37. The van der Waals surface area contributed by atoms with Crippen LogP contribution >= 0.6 is 23.4 Å². The lowest BCUT2D eigenvalue weighted by Crippen LogP contribution is -2.46. The van der Waals surface area contributed by atoms with Crippen molar-refractivity contribution in [2.45, 2.75) is 24.0 Å². The number of amides is 2. The molecule has 132 valence electrons. The molecule has 0 aliphatic heterocycles. The first-order valence-corrected chi connectivity index (χ1v) is 8.90. The number of hydrogen-bond acceptors (Lipinski definition) is 4. The molecule has 0 radical (unpaired) electrons. The van der Waals surface area contributed by atoms with E-state index < -0.39 is 5.91 Å². The molecule has 0 saturated carbocycles. The fourth-order valence-electron chi connectivity index (χ4n) is 1.89. The minimum atomic E-state index is -0.432. The molecule has 0 heterocycles. The monoisotopic (exact) mass is 378 g/mol. The summed E-state index contributed by atoms with van der Waals surface area (Å²) in [5.74, 6) is -0.129. The predicted octanol–water partition coefficient (Wildman–Crippen LogP) is 3.36. The van der Waals surface area contributed by atoms with Crippen molar-refractivity contribution in [3.05, 3.63) is 59.1 Å². The Kier molecular flexibility index (Phi) is 7.16. The van der Waals surface area contributed by atoms with Crippen molar-refractivity contribution in [2.75, 3.05) is 6.61 Å². The minimum absolute atomic E-state index is 0.178. The van der Waals surface area contributed by atoms with Crippen LogP contribution in [0.5, 0.6) is 5.75 Å². The molecule has 0 saturated heterocycles. The topological polar surface area (TPSA) is 67.4 Å². The highest BCUT2D eigenvalue weighted by atomic mass is 35.5. The Balaban J connectivity index is 1.72. The molecule has 2 aromatic rings. The second-order valence-electron chi connectivity index (χ2n) is 5.36. The summed E-state index contributed by atoms with van der Waals surface area (Å²) in [5, 5.41) is 0.265. The van der Waals surface area contributed by atoms with E-state index in [0.717, 1.165) is 10.5 Å². The van der Waals surface area contributed by atoms with Crippen LogP contribution in [0.15, 0.2) is 53.4 Å². The smallest absolute Gasteiger partial charge is 0.276 e. The minimum Gasteiger partial charge on any atom is -0.484 e. The lowest BCUT2D eigenvalue weighted by atomic mass is 10.2. The van der Waals surface area contributed by atoms with E-state index in [9.17, 15) is 9.59 Å². The van der Waals surface area contributed by atoms with Crippen LogP contribution in [0.25, 0.3) is 0 Å². The van der Waals surface area contributed by atoms with Crippen LogP contribution in [0.3, 0.4) is 0 Å². The summed E-state index contributed by atoms with van der Waals surface area (Å²) in [6.45, 7) is 3.51. The van der Waals surface area contributed by atoms with E-state index in [-0.39, 0.29) is 17.8 Å². The highest BCUT2D eigenvalue weighted by Crippen LogP contribution is 2.24. The van der Waals surface area contributed by atoms with Gasteiger partial charge < -0.3 is 4.74 Å². The van der Waals surface area contributed by atoms with Crippen LogP contribution in [0.4, 0.5) is 0 Å². The molecule has 0 unspecified atom stereocenters. The van der Waals surface area contributed by atoms with Crippen molar-refractivity contribution in [2.24, 2.45) is 0 Å². The molecule has 0 aliphatic rings. The average molecular weight is 379 g/mol. The van der Waals surface area contributed by atoms with Gasteiger partial charge in [0.05, 0.1) is 5.25 Å². The van der Waals surface area contributed by atoms with Gasteiger partial charge in [0.2, 0.25) is 0 Å². The molecule has 0 bridgehead atoms. The number of hydrazine groups is 1. The van der Waals surface area contributed by atoms with Crippen molar-refractivity contribution < 1.29 is 14.3 Å². The quantitative estimate of drug-likeness (QED) is 0.597. The Morgan fingerprint density at radius 2 is 1.88 bits per heavy atom. The molecule has 0 spiro atoms. The van der Waals surface area contributed by atoms with Gasteiger partial charge >= 0.3 is 0 Å². The second-order valence-corrected chi connectivity index (χ2v) is 7.21. The number of nitrogens with one attached hydrogen (secondary N) is 2. The SMILES string of the molecule is Cc1cccc(OCC(=O)NNC(=O)[C@@H](C)Sc2ccc(Cl)cc2)c1. The first-order chi connectivity index (χ1) is 11.9. The van der Waals surface area contributed by atoms with Gasteiger partial charge in [-0.3, -0.25) is 20.4 Å². The Morgan fingerprint density at radius 3 is 2.56 bits per heavy atom. The molecule has 2 aromatic carbocycles. The summed E-state index contributed by atoms with van der Waals surface area (Å²) in [6.07, 6.45) is 0. The van der Waals surface area contributed by atoms with E-state index >= 15 is 0 Å². The number of ether oxygens (including phenoxy) is 1. The molecular weight excluding hydrogens is 360 g/mol. The predicted molar refractivity (Wildman–Crippen MR) is 99.7 cm³/mol. The van der Waals surface area contributed by atoms with E-state index in [1.165, 1.54) is 11.8 Å². The van der Waals surface area contributed by atoms with E-state index in [1.54, 1.807) is 25.1 Å². The number of carbonyl (C=O) groups excluding carboxylic acids is 2. The number of halogens is 1. The molecule has 2 N–H and O–H groups in total. The largest absolute Gasteiger partial charge is 0.484 e. The highest BCUT2D eigenvalue weighted by molar-refractivity contribution is 8.00. The number of thioether (sulfide) groups is 1. The number of carbonyl (C=O) groups is 2. The molecule has 5 nitrogen and oxygen atoms in total. The van der Waals surface area contributed by atoms with Crippen molar-refractivity contribution >= 4 is 35.2 Å². The van der Waals surface area contributed by atoms with E-state index in [2.05, 4.69) is 10.9 Å². The van der Waals surface area contributed by atoms with E-state index in [0.29, 0.717) is 10.8 Å². The summed E-state index contributed by atoms with van der Waals surface area (Å²) >= 11 is 7.20. The normalized spacial score (nSPS) is 11.5. The van der Waals surface area contributed by atoms with Crippen molar-refractivity contribution in [1.82, 2.24) is 10.9 Å². The summed E-state index contributed by atoms with van der Waals surface area (Å²) in [6, 6.07) is 14.6. The Bertz CT molecular complexity index is 737. The molecule has 7 heteroatoms. The maximum absolute atomic E-state index is 12.0. The fraction of sp³-hybridized carbons (Fsp3) is 0.222. The zero-order valence-corrected chi connectivity index (χ0v) is 15.5. The van der Waals surface area contributed by atoms with Crippen LogP contribution in [-0.4, -0.2) is 23.7 Å². The summed E-state index contributed by atoms with van der Waals surface area (Å²) in [4.78, 5) is 24.7. The zero-order valence-electron chi connectivity index (χ0n) is 13.9. The second kappa shape index (κ2) is 9.34. The van der Waals surface area contributed by atoms with Gasteiger partial charge in [-0.15, -0.1) is 11.8 Å². The first-order valence-electron chi connectivity index (χ1n) is 7.64. The standard InChI is InChI=1S/C18H19ClN2O3S/c1-12-4-3-5-15(10-12)24-11-17(22)20-21-18(23)13(2)25-16-8-6-14(19)7-9-16/h3-10,13H,11H2,1-2H3,(H,20,22)(H,21,23)/t13-/m1/s1. The number of benzene rings is 2. The molecular formula is C18H19ClN2O3S. The van der Waals surface area contributed by atoms with Crippen LogP contribution in [0.1, 0.15) is 12.5 Å². The third-order valence-electron chi connectivity index (χ3n) is 3.18. The molecule has 2 amide bonds. The number of hydrogen-bond donors (Lipinski definition) is 2.